The van der Waals surface area contributed by atoms with E-state index < -0.39 is 6.04 Å². The molecule has 0 aliphatic carbocycles. The summed E-state index contributed by atoms with van der Waals surface area (Å²) in [6.45, 7) is 3.83. The van der Waals surface area contributed by atoms with Gasteiger partial charge in [-0.3, -0.25) is 14.9 Å². The van der Waals surface area contributed by atoms with Crippen molar-refractivity contribution in [2.75, 3.05) is 19.2 Å². The topological polar surface area (TPSA) is 112 Å². The van der Waals surface area contributed by atoms with Crippen LogP contribution in [-0.2, 0) is 4.79 Å². The van der Waals surface area contributed by atoms with Crippen molar-refractivity contribution in [3.63, 3.8) is 0 Å². The van der Waals surface area contributed by atoms with Gasteiger partial charge in [-0.15, -0.1) is 10.2 Å². The molecule has 166 valence electrons. The third-order valence-electron chi connectivity index (χ3n) is 4.84. The Labute approximate surface area is 188 Å². The number of rotatable bonds is 7. The largest absolute Gasteiger partial charge is 0.497 e. The summed E-state index contributed by atoms with van der Waals surface area (Å²) in [6.07, 6.45) is 0. The van der Waals surface area contributed by atoms with Gasteiger partial charge in [0.1, 0.15) is 16.8 Å². The number of hydrogen-bond donors (Lipinski definition) is 2. The highest BCUT2D eigenvalue weighted by Gasteiger charge is 2.26. The summed E-state index contributed by atoms with van der Waals surface area (Å²) < 4.78 is 15.8. The molecule has 10 heteroatoms. The average molecular weight is 455 g/mol. The molecule has 1 aliphatic rings. The second kappa shape index (κ2) is 9.23. The number of methoxy groups -OCH3 is 1. The first-order valence-electron chi connectivity index (χ1n) is 9.94. The van der Waals surface area contributed by atoms with Crippen LogP contribution in [0.25, 0.3) is 10.6 Å². The fourth-order valence-corrected chi connectivity index (χ4v) is 3.87. The SMILES string of the molecule is COc1cccc(-c2nnc(NC(=O)C(NC(=O)c3ccc4c(c3)OCO4)C(C)C)s2)c1. The molecular formula is C22H22N4O5S. The zero-order chi connectivity index (χ0) is 22.7. The van der Waals surface area contributed by atoms with E-state index >= 15 is 0 Å². The molecule has 32 heavy (non-hydrogen) atoms. The van der Waals surface area contributed by atoms with Crippen LogP contribution in [0.15, 0.2) is 42.5 Å². The molecule has 9 nitrogen and oxygen atoms in total. The fourth-order valence-electron chi connectivity index (χ4n) is 3.13. The van der Waals surface area contributed by atoms with Crippen LogP contribution in [0.2, 0.25) is 0 Å². The van der Waals surface area contributed by atoms with Crippen molar-refractivity contribution < 1.29 is 23.8 Å². The number of hydrogen-bond acceptors (Lipinski definition) is 8. The number of benzene rings is 2. The number of carbonyl (C=O) groups excluding carboxylic acids is 2. The maximum absolute atomic E-state index is 12.9. The number of nitrogens with zero attached hydrogens (tertiary/aromatic N) is 2. The number of carbonyl (C=O) groups is 2. The lowest BCUT2D eigenvalue weighted by molar-refractivity contribution is -0.118. The van der Waals surface area contributed by atoms with E-state index in [2.05, 4.69) is 20.8 Å². The summed E-state index contributed by atoms with van der Waals surface area (Å²) >= 11 is 1.24. The van der Waals surface area contributed by atoms with E-state index in [-0.39, 0.29) is 24.5 Å². The molecule has 1 atom stereocenters. The maximum atomic E-state index is 12.9. The molecule has 0 saturated heterocycles. The van der Waals surface area contributed by atoms with Crippen LogP contribution in [0.1, 0.15) is 24.2 Å². The van der Waals surface area contributed by atoms with Gasteiger partial charge in [0.2, 0.25) is 17.8 Å². The number of amides is 2. The number of ether oxygens (including phenoxy) is 3. The van der Waals surface area contributed by atoms with E-state index in [4.69, 9.17) is 14.2 Å². The van der Waals surface area contributed by atoms with Crippen molar-refractivity contribution in [2.45, 2.75) is 19.9 Å². The van der Waals surface area contributed by atoms with Crippen molar-refractivity contribution >= 4 is 28.3 Å². The third kappa shape index (κ3) is 4.65. The van der Waals surface area contributed by atoms with Crippen molar-refractivity contribution in [3.8, 4) is 27.8 Å². The molecule has 3 aromatic rings. The van der Waals surface area contributed by atoms with Crippen molar-refractivity contribution in [3.05, 3.63) is 48.0 Å². The highest BCUT2D eigenvalue weighted by molar-refractivity contribution is 7.18. The van der Waals surface area contributed by atoms with Gasteiger partial charge in [-0.25, -0.2) is 0 Å². The molecular weight excluding hydrogens is 432 g/mol. The number of nitrogens with one attached hydrogen (secondary N) is 2. The monoisotopic (exact) mass is 454 g/mol. The lowest BCUT2D eigenvalue weighted by atomic mass is 10.0. The highest BCUT2D eigenvalue weighted by Crippen LogP contribution is 2.32. The van der Waals surface area contributed by atoms with E-state index in [9.17, 15) is 9.59 Å². The zero-order valence-corrected chi connectivity index (χ0v) is 18.6. The van der Waals surface area contributed by atoms with Gasteiger partial charge in [0.25, 0.3) is 5.91 Å². The van der Waals surface area contributed by atoms with E-state index in [1.807, 2.05) is 38.1 Å². The first-order valence-corrected chi connectivity index (χ1v) is 10.8. The molecule has 2 heterocycles. The summed E-state index contributed by atoms with van der Waals surface area (Å²) in [5, 5.41) is 14.7. The average Bonchev–Trinajstić information content (AvgIpc) is 3.46. The summed E-state index contributed by atoms with van der Waals surface area (Å²) in [5.74, 6) is 0.881. The standard InChI is InChI=1S/C22H22N4O5S/c1-12(2)18(23-19(27)13-7-8-16-17(10-13)31-11-30-16)20(28)24-22-26-25-21(32-22)14-5-4-6-15(9-14)29-3/h4-10,12,18H,11H2,1-3H3,(H,23,27)(H,24,26,28). The molecule has 1 aromatic heterocycles. The second-order valence-corrected chi connectivity index (χ2v) is 8.37. The Kier molecular flexibility index (Phi) is 6.22. The number of fused-ring (bicyclic) bond motifs is 1. The first kappa shape index (κ1) is 21.6. The Balaban J connectivity index is 1.44. The lowest BCUT2D eigenvalue weighted by Crippen LogP contribution is -2.47. The summed E-state index contributed by atoms with van der Waals surface area (Å²) in [7, 11) is 1.59. The molecule has 1 aliphatic heterocycles. The molecule has 2 N–H and O–H groups in total. The van der Waals surface area contributed by atoms with Crippen LogP contribution in [-0.4, -0.2) is 42.0 Å². The van der Waals surface area contributed by atoms with E-state index in [0.29, 0.717) is 33.0 Å². The maximum Gasteiger partial charge on any atom is 0.252 e. The van der Waals surface area contributed by atoms with E-state index in [1.54, 1.807) is 25.3 Å². The molecule has 2 amide bonds. The minimum Gasteiger partial charge on any atom is -0.497 e. The van der Waals surface area contributed by atoms with Crippen molar-refractivity contribution in [1.29, 1.82) is 0 Å². The van der Waals surface area contributed by atoms with Crippen LogP contribution in [0, 0.1) is 5.92 Å². The van der Waals surface area contributed by atoms with E-state index in [1.165, 1.54) is 11.3 Å². The van der Waals surface area contributed by atoms with Gasteiger partial charge >= 0.3 is 0 Å². The van der Waals surface area contributed by atoms with Gasteiger partial charge in [0.15, 0.2) is 11.5 Å². The first-order chi connectivity index (χ1) is 15.4. The summed E-state index contributed by atoms with van der Waals surface area (Å²) in [6, 6.07) is 11.5. The molecule has 0 saturated carbocycles. The van der Waals surface area contributed by atoms with Crippen molar-refractivity contribution in [2.24, 2.45) is 5.92 Å². The van der Waals surface area contributed by atoms with Crippen LogP contribution in [0.4, 0.5) is 5.13 Å². The van der Waals surface area contributed by atoms with Crippen molar-refractivity contribution in [1.82, 2.24) is 15.5 Å². The smallest absolute Gasteiger partial charge is 0.252 e. The second-order valence-electron chi connectivity index (χ2n) is 7.40. The Hall–Kier alpha value is -3.66. The predicted octanol–water partition coefficient (Wildman–Crippen LogP) is 3.34. The Morgan fingerprint density at radius 2 is 1.91 bits per heavy atom. The molecule has 0 radical (unpaired) electrons. The lowest BCUT2D eigenvalue weighted by Gasteiger charge is -2.21. The van der Waals surface area contributed by atoms with Crippen LogP contribution in [0.5, 0.6) is 17.2 Å². The fraction of sp³-hybridized carbons (Fsp3) is 0.273. The van der Waals surface area contributed by atoms with Gasteiger partial charge in [-0.05, 0) is 36.2 Å². The van der Waals surface area contributed by atoms with Gasteiger partial charge in [0.05, 0.1) is 7.11 Å². The number of aromatic nitrogens is 2. The predicted molar refractivity (Wildman–Crippen MR) is 119 cm³/mol. The molecule has 0 bridgehead atoms. The molecule has 0 fully saturated rings. The normalized spacial score (nSPS) is 13.0. The summed E-state index contributed by atoms with van der Waals surface area (Å²) in [4.78, 5) is 25.6. The Morgan fingerprint density at radius 3 is 2.69 bits per heavy atom. The van der Waals surface area contributed by atoms with Gasteiger partial charge in [-0.2, -0.15) is 0 Å². The minimum atomic E-state index is -0.767. The molecule has 2 aromatic carbocycles. The van der Waals surface area contributed by atoms with Gasteiger partial charge in [-0.1, -0.05) is 37.3 Å². The summed E-state index contributed by atoms with van der Waals surface area (Å²) in [5.41, 5.74) is 1.21. The molecule has 0 spiro atoms. The van der Waals surface area contributed by atoms with Gasteiger partial charge < -0.3 is 19.5 Å². The minimum absolute atomic E-state index is 0.122. The van der Waals surface area contributed by atoms with Crippen LogP contribution < -0.4 is 24.8 Å². The van der Waals surface area contributed by atoms with Crippen LogP contribution >= 0.6 is 11.3 Å². The Bertz CT molecular complexity index is 1150. The Morgan fingerprint density at radius 1 is 1.09 bits per heavy atom. The van der Waals surface area contributed by atoms with Crippen LogP contribution in [0.3, 0.4) is 0 Å². The quantitative estimate of drug-likeness (QED) is 0.563. The molecule has 1 unspecified atom stereocenters. The molecule has 4 rings (SSSR count). The van der Waals surface area contributed by atoms with E-state index in [0.717, 1.165) is 5.56 Å². The highest BCUT2D eigenvalue weighted by atomic mass is 32.1. The number of anilines is 1. The zero-order valence-electron chi connectivity index (χ0n) is 17.7. The third-order valence-corrected chi connectivity index (χ3v) is 5.73. The van der Waals surface area contributed by atoms with Gasteiger partial charge in [0, 0.05) is 11.1 Å².